The first-order chi connectivity index (χ1) is 8.26. The molecule has 1 heterocycles. The lowest BCUT2D eigenvalue weighted by molar-refractivity contribution is 0.254. The molecule has 0 atom stereocenters. The van der Waals surface area contributed by atoms with Gasteiger partial charge in [-0.2, -0.15) is 5.10 Å². The Morgan fingerprint density at radius 2 is 2.00 bits per heavy atom. The van der Waals surface area contributed by atoms with Gasteiger partial charge in [0, 0.05) is 19.6 Å². The number of rotatable bonds is 6. The first kappa shape index (κ1) is 14.8. The van der Waals surface area contributed by atoms with Crippen molar-refractivity contribution in [3.63, 3.8) is 0 Å². The first-order valence-corrected chi connectivity index (χ1v) is 6.48. The molecule has 0 radical (unpaired) electrons. The summed E-state index contributed by atoms with van der Waals surface area (Å²) in [5.41, 5.74) is 7.90. The fraction of sp³-hybridized carbons (Fsp3) is 0.769. The second-order valence-corrected chi connectivity index (χ2v) is 5.92. The number of nitrogen functional groups attached to an aromatic ring is 1. The Labute approximate surface area is 110 Å². The van der Waals surface area contributed by atoms with Crippen LogP contribution < -0.4 is 11.1 Å². The fourth-order valence-corrected chi connectivity index (χ4v) is 2.25. The third-order valence-electron chi connectivity index (χ3n) is 2.95. The van der Waals surface area contributed by atoms with E-state index in [4.69, 9.17) is 5.73 Å². The molecule has 0 amide bonds. The summed E-state index contributed by atoms with van der Waals surface area (Å²) in [6.07, 6.45) is 0. The summed E-state index contributed by atoms with van der Waals surface area (Å²) in [5, 5.41) is 7.86. The SMILES string of the molecule is CCn1nc(C)c(N)c1NCC(C)(C)CN(C)C. The van der Waals surface area contributed by atoms with Crippen LogP contribution in [0.15, 0.2) is 0 Å². The van der Waals surface area contributed by atoms with Crippen LogP contribution in [0.1, 0.15) is 26.5 Å². The van der Waals surface area contributed by atoms with Gasteiger partial charge in [-0.05, 0) is 33.4 Å². The summed E-state index contributed by atoms with van der Waals surface area (Å²) < 4.78 is 1.93. The molecule has 0 aromatic carbocycles. The van der Waals surface area contributed by atoms with Gasteiger partial charge in [-0.1, -0.05) is 13.8 Å². The van der Waals surface area contributed by atoms with E-state index in [2.05, 4.69) is 50.2 Å². The van der Waals surface area contributed by atoms with Crippen LogP contribution in [0.4, 0.5) is 11.5 Å². The average Bonchev–Trinajstić information content (AvgIpc) is 2.50. The van der Waals surface area contributed by atoms with E-state index >= 15 is 0 Å². The highest BCUT2D eigenvalue weighted by Gasteiger charge is 2.20. The molecule has 0 saturated heterocycles. The largest absolute Gasteiger partial charge is 0.394 e. The molecule has 1 aromatic heterocycles. The molecule has 0 fully saturated rings. The Morgan fingerprint density at radius 1 is 1.39 bits per heavy atom. The molecule has 0 bridgehead atoms. The second-order valence-electron chi connectivity index (χ2n) is 5.92. The fourth-order valence-electron chi connectivity index (χ4n) is 2.25. The molecule has 5 heteroatoms. The summed E-state index contributed by atoms with van der Waals surface area (Å²) in [7, 11) is 4.19. The monoisotopic (exact) mass is 253 g/mol. The summed E-state index contributed by atoms with van der Waals surface area (Å²) >= 11 is 0. The number of hydrogen-bond donors (Lipinski definition) is 2. The summed E-state index contributed by atoms with van der Waals surface area (Å²) in [4.78, 5) is 2.20. The highest BCUT2D eigenvalue weighted by molar-refractivity contribution is 5.64. The number of hydrogen-bond acceptors (Lipinski definition) is 4. The van der Waals surface area contributed by atoms with E-state index < -0.39 is 0 Å². The van der Waals surface area contributed by atoms with Gasteiger partial charge in [0.25, 0.3) is 0 Å². The van der Waals surface area contributed by atoms with E-state index in [-0.39, 0.29) is 5.41 Å². The van der Waals surface area contributed by atoms with Gasteiger partial charge < -0.3 is 16.0 Å². The van der Waals surface area contributed by atoms with Crippen LogP contribution in [0.3, 0.4) is 0 Å². The zero-order chi connectivity index (χ0) is 13.9. The molecule has 1 rings (SSSR count). The third kappa shape index (κ3) is 3.63. The number of aromatic nitrogens is 2. The van der Waals surface area contributed by atoms with Crippen molar-refractivity contribution in [1.29, 1.82) is 0 Å². The average molecular weight is 253 g/mol. The molecule has 104 valence electrons. The summed E-state index contributed by atoms with van der Waals surface area (Å²) in [6.45, 7) is 11.2. The summed E-state index contributed by atoms with van der Waals surface area (Å²) in [6, 6.07) is 0. The van der Waals surface area contributed by atoms with Crippen molar-refractivity contribution < 1.29 is 0 Å². The maximum absolute atomic E-state index is 6.05. The molecule has 0 saturated carbocycles. The van der Waals surface area contributed by atoms with Gasteiger partial charge >= 0.3 is 0 Å². The molecule has 0 aliphatic carbocycles. The van der Waals surface area contributed by atoms with Gasteiger partial charge in [0.2, 0.25) is 0 Å². The van der Waals surface area contributed by atoms with Gasteiger partial charge in [-0.3, -0.25) is 0 Å². The topological polar surface area (TPSA) is 59.1 Å². The molecule has 3 N–H and O–H groups in total. The number of nitrogens with zero attached hydrogens (tertiary/aromatic N) is 3. The van der Waals surface area contributed by atoms with Crippen molar-refractivity contribution in [3.05, 3.63) is 5.69 Å². The van der Waals surface area contributed by atoms with E-state index in [1.54, 1.807) is 0 Å². The Balaban J connectivity index is 2.74. The Bertz CT molecular complexity index is 392. The molecule has 0 spiro atoms. The zero-order valence-electron chi connectivity index (χ0n) is 12.5. The quantitative estimate of drug-likeness (QED) is 0.811. The van der Waals surface area contributed by atoms with Crippen molar-refractivity contribution >= 4 is 11.5 Å². The minimum Gasteiger partial charge on any atom is -0.394 e. The van der Waals surface area contributed by atoms with E-state index in [9.17, 15) is 0 Å². The number of nitrogens with two attached hydrogens (primary N) is 1. The summed E-state index contributed by atoms with van der Waals surface area (Å²) in [5.74, 6) is 0.946. The van der Waals surface area contributed by atoms with Crippen LogP contribution in [0, 0.1) is 12.3 Å². The number of aryl methyl sites for hydroxylation is 2. The lowest BCUT2D eigenvalue weighted by Crippen LogP contribution is -2.34. The van der Waals surface area contributed by atoms with Crippen LogP contribution in [-0.2, 0) is 6.54 Å². The predicted octanol–water partition coefficient (Wildman–Crippen LogP) is 1.79. The van der Waals surface area contributed by atoms with Crippen LogP contribution >= 0.6 is 0 Å². The number of anilines is 2. The lowest BCUT2D eigenvalue weighted by Gasteiger charge is -2.29. The zero-order valence-corrected chi connectivity index (χ0v) is 12.5. The minimum absolute atomic E-state index is 0.187. The lowest BCUT2D eigenvalue weighted by atomic mass is 9.93. The Morgan fingerprint density at radius 3 is 2.50 bits per heavy atom. The van der Waals surface area contributed by atoms with Crippen LogP contribution in [0.25, 0.3) is 0 Å². The maximum Gasteiger partial charge on any atom is 0.148 e. The maximum atomic E-state index is 6.05. The van der Waals surface area contributed by atoms with Crippen molar-refractivity contribution in [3.8, 4) is 0 Å². The standard InChI is InChI=1S/C13H27N5/c1-7-18-12(11(14)10(2)16-18)15-8-13(3,4)9-17(5)6/h15H,7-9,14H2,1-6H3. The number of nitrogens with one attached hydrogen (secondary N) is 1. The third-order valence-corrected chi connectivity index (χ3v) is 2.95. The molecular formula is C13H27N5. The smallest absolute Gasteiger partial charge is 0.148 e. The second kappa shape index (κ2) is 5.61. The van der Waals surface area contributed by atoms with Crippen molar-refractivity contribution in [2.24, 2.45) is 5.41 Å². The molecule has 0 unspecified atom stereocenters. The van der Waals surface area contributed by atoms with Gasteiger partial charge in [0.15, 0.2) is 0 Å². The van der Waals surface area contributed by atoms with E-state index in [0.717, 1.165) is 36.8 Å². The first-order valence-electron chi connectivity index (χ1n) is 6.48. The van der Waals surface area contributed by atoms with E-state index in [1.807, 2.05) is 11.6 Å². The molecule has 0 aliphatic heterocycles. The van der Waals surface area contributed by atoms with Gasteiger partial charge in [0.05, 0.1) is 11.4 Å². The van der Waals surface area contributed by atoms with Gasteiger partial charge in [0.1, 0.15) is 5.82 Å². The highest BCUT2D eigenvalue weighted by Crippen LogP contribution is 2.24. The van der Waals surface area contributed by atoms with Crippen LogP contribution in [0.2, 0.25) is 0 Å². The minimum atomic E-state index is 0.187. The van der Waals surface area contributed by atoms with Gasteiger partial charge in [-0.15, -0.1) is 0 Å². The molecule has 1 aromatic rings. The molecule has 5 nitrogen and oxygen atoms in total. The molecule has 0 aliphatic rings. The molecular weight excluding hydrogens is 226 g/mol. The van der Waals surface area contributed by atoms with Gasteiger partial charge in [-0.25, -0.2) is 4.68 Å². The highest BCUT2D eigenvalue weighted by atomic mass is 15.3. The van der Waals surface area contributed by atoms with E-state index in [1.165, 1.54) is 0 Å². The van der Waals surface area contributed by atoms with Crippen molar-refractivity contribution in [1.82, 2.24) is 14.7 Å². The van der Waals surface area contributed by atoms with Crippen molar-refractivity contribution in [2.75, 3.05) is 38.2 Å². The van der Waals surface area contributed by atoms with Crippen LogP contribution in [-0.4, -0.2) is 41.9 Å². The normalized spacial score (nSPS) is 12.2. The Kier molecular flexibility index (Phi) is 4.62. The predicted molar refractivity (Wildman–Crippen MR) is 77.9 cm³/mol. The van der Waals surface area contributed by atoms with Crippen LogP contribution in [0.5, 0.6) is 0 Å². The Hall–Kier alpha value is -1.23. The van der Waals surface area contributed by atoms with E-state index in [0.29, 0.717) is 0 Å². The van der Waals surface area contributed by atoms with Crippen molar-refractivity contribution in [2.45, 2.75) is 34.2 Å². The molecule has 18 heavy (non-hydrogen) atoms.